The van der Waals surface area contributed by atoms with Gasteiger partial charge in [0.15, 0.2) is 5.78 Å². The van der Waals surface area contributed by atoms with E-state index in [0.717, 1.165) is 19.5 Å². The second-order valence-corrected chi connectivity index (χ2v) is 5.58. The number of hydrogen-bond donors (Lipinski definition) is 0. The molecule has 0 aromatic heterocycles. The molecule has 0 amide bonds. The predicted octanol–water partition coefficient (Wildman–Crippen LogP) is 3.03. The predicted molar refractivity (Wildman–Crippen MR) is 74.8 cm³/mol. The molecule has 1 atom stereocenters. The molecular weight excluding hydrogens is 226 g/mol. The van der Waals surface area contributed by atoms with Crippen molar-refractivity contribution in [3.05, 3.63) is 0 Å². The molecule has 106 valence electrons. The van der Waals surface area contributed by atoms with Crippen LogP contribution in [0.25, 0.3) is 0 Å². The van der Waals surface area contributed by atoms with Crippen LogP contribution < -0.4 is 0 Å². The molecule has 3 heteroatoms. The third-order valence-corrected chi connectivity index (χ3v) is 3.71. The molecule has 1 saturated heterocycles. The summed E-state index contributed by atoms with van der Waals surface area (Å²) in [5.74, 6) is 0.303. The minimum absolute atomic E-state index is 0.174. The molecule has 1 fully saturated rings. The molecule has 1 rings (SSSR count). The summed E-state index contributed by atoms with van der Waals surface area (Å²) >= 11 is 0. The molecule has 1 unspecified atom stereocenters. The average Bonchev–Trinajstić information content (AvgIpc) is 2.38. The van der Waals surface area contributed by atoms with Gasteiger partial charge in [0.05, 0.1) is 6.61 Å². The van der Waals surface area contributed by atoms with E-state index in [0.29, 0.717) is 24.9 Å². The quantitative estimate of drug-likeness (QED) is 0.624. The fourth-order valence-electron chi connectivity index (χ4n) is 2.40. The van der Waals surface area contributed by atoms with Crippen LogP contribution in [0.1, 0.15) is 59.3 Å². The zero-order valence-corrected chi connectivity index (χ0v) is 12.3. The topological polar surface area (TPSA) is 29.5 Å². The summed E-state index contributed by atoms with van der Waals surface area (Å²) < 4.78 is 5.61. The lowest BCUT2D eigenvalue weighted by Gasteiger charge is -2.34. The molecule has 1 heterocycles. The minimum atomic E-state index is -0.174. The highest BCUT2D eigenvalue weighted by atomic mass is 16.5. The zero-order chi connectivity index (χ0) is 13.4. The Balaban J connectivity index is 2.20. The minimum Gasteiger partial charge on any atom is -0.368 e. The molecule has 18 heavy (non-hydrogen) atoms. The van der Waals surface area contributed by atoms with E-state index in [1.165, 1.54) is 25.7 Å². The molecule has 1 aliphatic heterocycles. The van der Waals surface area contributed by atoms with Crippen molar-refractivity contribution in [1.82, 2.24) is 4.90 Å². The smallest absolute Gasteiger partial charge is 0.162 e. The van der Waals surface area contributed by atoms with E-state index in [1.54, 1.807) is 0 Å². The third-order valence-electron chi connectivity index (χ3n) is 3.71. The van der Waals surface area contributed by atoms with Crippen LogP contribution in [0.4, 0.5) is 0 Å². The van der Waals surface area contributed by atoms with Crippen molar-refractivity contribution in [2.45, 2.75) is 71.4 Å². The maximum atomic E-state index is 12.0. The maximum absolute atomic E-state index is 12.0. The number of carbonyl (C=O) groups is 1. The number of ketones is 1. The van der Waals surface area contributed by atoms with E-state index in [1.807, 2.05) is 0 Å². The second kappa shape index (κ2) is 8.65. The van der Waals surface area contributed by atoms with E-state index in [2.05, 4.69) is 25.7 Å². The first-order valence-corrected chi connectivity index (χ1v) is 7.53. The van der Waals surface area contributed by atoms with Crippen LogP contribution in [-0.2, 0) is 9.53 Å². The fourth-order valence-corrected chi connectivity index (χ4v) is 2.40. The summed E-state index contributed by atoms with van der Waals surface area (Å²) in [6.07, 6.45) is 6.53. The van der Waals surface area contributed by atoms with Crippen LogP contribution in [0.5, 0.6) is 0 Å². The first-order chi connectivity index (χ1) is 8.65. The molecule has 0 spiro atoms. The molecule has 0 aliphatic carbocycles. The summed E-state index contributed by atoms with van der Waals surface area (Å²) in [5.41, 5.74) is 0. The Morgan fingerprint density at radius 1 is 1.28 bits per heavy atom. The largest absolute Gasteiger partial charge is 0.368 e. The molecule has 0 N–H and O–H groups in total. The van der Waals surface area contributed by atoms with Crippen molar-refractivity contribution in [2.75, 3.05) is 19.7 Å². The van der Waals surface area contributed by atoms with Gasteiger partial charge in [-0.1, -0.05) is 32.6 Å². The van der Waals surface area contributed by atoms with Crippen LogP contribution in [0.15, 0.2) is 0 Å². The van der Waals surface area contributed by atoms with Crippen LogP contribution >= 0.6 is 0 Å². The first kappa shape index (κ1) is 15.6. The van der Waals surface area contributed by atoms with Gasteiger partial charge in [0, 0.05) is 25.6 Å². The summed E-state index contributed by atoms with van der Waals surface area (Å²) in [7, 11) is 0. The molecule has 0 aromatic rings. The summed E-state index contributed by atoms with van der Waals surface area (Å²) in [6, 6.07) is 0.508. The molecule has 0 saturated carbocycles. The number of unbranched alkanes of at least 4 members (excludes halogenated alkanes) is 4. The molecule has 0 bridgehead atoms. The van der Waals surface area contributed by atoms with Crippen LogP contribution in [-0.4, -0.2) is 42.5 Å². The Kier molecular flexibility index (Phi) is 7.52. The van der Waals surface area contributed by atoms with Gasteiger partial charge in [0.25, 0.3) is 0 Å². The summed E-state index contributed by atoms with van der Waals surface area (Å²) in [6.45, 7) is 9.00. The summed E-state index contributed by atoms with van der Waals surface area (Å²) in [4.78, 5) is 14.4. The van der Waals surface area contributed by atoms with Crippen molar-refractivity contribution in [2.24, 2.45) is 0 Å². The van der Waals surface area contributed by atoms with E-state index >= 15 is 0 Å². The Morgan fingerprint density at radius 2 is 2.00 bits per heavy atom. The van der Waals surface area contributed by atoms with E-state index < -0.39 is 0 Å². The second-order valence-electron chi connectivity index (χ2n) is 5.58. The monoisotopic (exact) mass is 255 g/mol. The van der Waals surface area contributed by atoms with Gasteiger partial charge in [-0.25, -0.2) is 0 Å². The fraction of sp³-hybridized carbons (Fsp3) is 0.933. The normalized spacial score (nSPS) is 21.4. The Labute approximate surface area is 112 Å². The zero-order valence-electron chi connectivity index (χ0n) is 12.3. The number of rotatable bonds is 8. The van der Waals surface area contributed by atoms with Crippen LogP contribution in [0.2, 0.25) is 0 Å². The molecule has 3 nitrogen and oxygen atoms in total. The molecule has 1 aliphatic rings. The lowest BCUT2D eigenvalue weighted by molar-refractivity contribution is -0.137. The number of carbonyl (C=O) groups excluding carboxylic acids is 1. The van der Waals surface area contributed by atoms with E-state index in [9.17, 15) is 4.79 Å². The number of nitrogens with zero attached hydrogens (tertiary/aromatic N) is 1. The number of ether oxygens (including phenoxy) is 1. The standard InChI is InChI=1S/C15H29NO2/c1-4-5-6-7-8-9-14(17)15-12-16(13(2)3)10-11-18-15/h13,15H,4-12H2,1-3H3. The van der Waals surface area contributed by atoms with Gasteiger partial charge >= 0.3 is 0 Å². The van der Waals surface area contributed by atoms with Gasteiger partial charge in [-0.05, 0) is 20.3 Å². The van der Waals surface area contributed by atoms with Gasteiger partial charge in [-0.2, -0.15) is 0 Å². The Morgan fingerprint density at radius 3 is 2.67 bits per heavy atom. The van der Waals surface area contributed by atoms with Gasteiger partial charge in [0.1, 0.15) is 6.10 Å². The SMILES string of the molecule is CCCCCCCC(=O)C1CN(C(C)C)CCO1. The van der Waals surface area contributed by atoms with Crippen molar-refractivity contribution < 1.29 is 9.53 Å². The Hall–Kier alpha value is -0.410. The van der Waals surface area contributed by atoms with Crippen molar-refractivity contribution in [3.63, 3.8) is 0 Å². The van der Waals surface area contributed by atoms with E-state index in [4.69, 9.17) is 4.74 Å². The average molecular weight is 255 g/mol. The molecule has 0 radical (unpaired) electrons. The van der Waals surface area contributed by atoms with Gasteiger partial charge in [0.2, 0.25) is 0 Å². The summed E-state index contributed by atoms with van der Waals surface area (Å²) in [5, 5.41) is 0. The Bertz CT molecular complexity index is 241. The maximum Gasteiger partial charge on any atom is 0.162 e. The van der Waals surface area contributed by atoms with Crippen molar-refractivity contribution in [1.29, 1.82) is 0 Å². The van der Waals surface area contributed by atoms with Crippen molar-refractivity contribution in [3.8, 4) is 0 Å². The lowest BCUT2D eigenvalue weighted by atomic mass is 10.0. The van der Waals surface area contributed by atoms with Gasteiger partial charge in [-0.3, -0.25) is 9.69 Å². The molecular formula is C15H29NO2. The third kappa shape index (κ3) is 5.49. The number of morpholine rings is 1. The van der Waals surface area contributed by atoms with Crippen molar-refractivity contribution >= 4 is 5.78 Å². The number of Topliss-reactive ketones (excluding diaryl/α,β-unsaturated/α-hetero) is 1. The highest BCUT2D eigenvalue weighted by molar-refractivity contribution is 5.83. The highest BCUT2D eigenvalue weighted by Gasteiger charge is 2.26. The highest BCUT2D eigenvalue weighted by Crippen LogP contribution is 2.13. The van der Waals surface area contributed by atoms with Crippen LogP contribution in [0, 0.1) is 0 Å². The number of hydrogen-bond acceptors (Lipinski definition) is 3. The van der Waals surface area contributed by atoms with Crippen LogP contribution in [0.3, 0.4) is 0 Å². The van der Waals surface area contributed by atoms with E-state index in [-0.39, 0.29) is 6.10 Å². The molecule has 0 aromatic carbocycles. The first-order valence-electron chi connectivity index (χ1n) is 7.53. The van der Waals surface area contributed by atoms with Gasteiger partial charge < -0.3 is 4.74 Å². The van der Waals surface area contributed by atoms with Gasteiger partial charge in [-0.15, -0.1) is 0 Å². The lowest BCUT2D eigenvalue weighted by Crippen LogP contribution is -2.48.